The molecule has 0 amide bonds. The first kappa shape index (κ1) is 15.7. The van der Waals surface area contributed by atoms with Gasteiger partial charge in [-0.15, -0.1) is 0 Å². The number of hydrogen-bond acceptors (Lipinski definition) is 8. The third kappa shape index (κ3) is 2.47. The summed E-state index contributed by atoms with van der Waals surface area (Å²) >= 11 is 4.53. The molecule has 0 fully saturated rings. The minimum absolute atomic E-state index is 0.708. The third-order valence-corrected chi connectivity index (χ3v) is 6.71. The molecule has 5 rings (SSSR count). The second kappa shape index (κ2) is 6.04. The molecule has 0 saturated carbocycles. The van der Waals surface area contributed by atoms with E-state index in [4.69, 9.17) is 14.5 Å². The molecule has 3 heterocycles. The van der Waals surface area contributed by atoms with Gasteiger partial charge in [0.25, 0.3) is 0 Å². The van der Waals surface area contributed by atoms with Crippen LogP contribution in [0, 0.1) is 0 Å². The standard InChI is InChI=1S/C17H12N4O2S3/c1-22-9-3-5-11-13(7-9)24-15(18-11)19-16-21-12-6-4-10(23-2)8-14(12)25-17(21)20-26-16/h3-8H,1-2H3/b19-16+. The number of aromatic nitrogens is 3. The number of fused-ring (bicyclic) bond motifs is 4. The fourth-order valence-corrected chi connectivity index (χ4v) is 5.51. The molecule has 0 bridgehead atoms. The van der Waals surface area contributed by atoms with E-state index in [9.17, 15) is 0 Å². The van der Waals surface area contributed by atoms with Gasteiger partial charge in [-0.3, -0.25) is 4.40 Å². The Bertz CT molecular complexity index is 1330. The molecule has 0 radical (unpaired) electrons. The van der Waals surface area contributed by atoms with Crippen molar-refractivity contribution in [3.8, 4) is 11.5 Å². The van der Waals surface area contributed by atoms with Crippen LogP contribution in [0.1, 0.15) is 0 Å². The lowest BCUT2D eigenvalue weighted by Crippen LogP contribution is -2.04. The first-order chi connectivity index (χ1) is 12.7. The number of nitrogens with zero attached hydrogens (tertiary/aromatic N) is 4. The number of methoxy groups -OCH3 is 2. The first-order valence-electron chi connectivity index (χ1n) is 7.69. The van der Waals surface area contributed by atoms with Crippen LogP contribution >= 0.6 is 34.2 Å². The zero-order chi connectivity index (χ0) is 17.7. The van der Waals surface area contributed by atoms with Gasteiger partial charge in [-0.1, -0.05) is 22.7 Å². The molecule has 3 aromatic heterocycles. The summed E-state index contributed by atoms with van der Waals surface area (Å²) in [5.74, 6) is 1.66. The Balaban J connectivity index is 1.70. The zero-order valence-electron chi connectivity index (χ0n) is 13.8. The summed E-state index contributed by atoms with van der Waals surface area (Å²) in [5.41, 5.74) is 1.99. The van der Waals surface area contributed by atoms with Crippen LogP contribution in [0.4, 0.5) is 5.13 Å². The maximum atomic E-state index is 5.31. The Morgan fingerprint density at radius 2 is 1.73 bits per heavy atom. The van der Waals surface area contributed by atoms with Gasteiger partial charge in [0, 0.05) is 11.5 Å². The molecule has 26 heavy (non-hydrogen) atoms. The second-order valence-electron chi connectivity index (χ2n) is 5.46. The van der Waals surface area contributed by atoms with Crippen LogP contribution in [0.25, 0.3) is 25.4 Å². The molecule has 0 aliphatic heterocycles. The lowest BCUT2D eigenvalue weighted by Gasteiger charge is -1.98. The summed E-state index contributed by atoms with van der Waals surface area (Å²) in [4.78, 5) is 11.1. The highest BCUT2D eigenvalue weighted by atomic mass is 32.1. The normalized spacial score (nSPS) is 12.5. The highest BCUT2D eigenvalue weighted by Gasteiger charge is 2.11. The van der Waals surface area contributed by atoms with Gasteiger partial charge in [0.15, 0.2) is 0 Å². The van der Waals surface area contributed by atoms with E-state index < -0.39 is 0 Å². The van der Waals surface area contributed by atoms with Gasteiger partial charge in [-0.2, -0.15) is 9.37 Å². The molecule has 0 N–H and O–H groups in total. The van der Waals surface area contributed by atoms with Crippen LogP contribution < -0.4 is 14.3 Å². The molecule has 9 heteroatoms. The molecule has 6 nitrogen and oxygen atoms in total. The van der Waals surface area contributed by atoms with Crippen molar-refractivity contribution < 1.29 is 9.47 Å². The van der Waals surface area contributed by atoms with Gasteiger partial charge in [-0.05, 0) is 36.4 Å². The summed E-state index contributed by atoms with van der Waals surface area (Å²) in [6, 6.07) is 11.8. The average Bonchev–Trinajstić information content (AvgIpc) is 3.34. The molecule has 0 saturated heterocycles. The summed E-state index contributed by atoms with van der Waals surface area (Å²) in [6.07, 6.45) is 0. The average molecular weight is 401 g/mol. The largest absolute Gasteiger partial charge is 0.497 e. The first-order valence-corrected chi connectivity index (χ1v) is 10.1. The van der Waals surface area contributed by atoms with Crippen molar-refractivity contribution in [2.45, 2.75) is 0 Å². The number of benzene rings is 2. The summed E-state index contributed by atoms with van der Waals surface area (Å²) in [7, 11) is 3.33. The molecule has 0 atom stereocenters. The van der Waals surface area contributed by atoms with Crippen LogP contribution in [0.3, 0.4) is 0 Å². The van der Waals surface area contributed by atoms with Crippen LogP contribution in [0.5, 0.6) is 11.5 Å². The van der Waals surface area contributed by atoms with Crippen molar-refractivity contribution in [3.63, 3.8) is 0 Å². The quantitative estimate of drug-likeness (QED) is 0.448. The lowest BCUT2D eigenvalue weighted by atomic mass is 10.3. The van der Waals surface area contributed by atoms with Crippen molar-refractivity contribution in [1.82, 2.24) is 13.8 Å². The van der Waals surface area contributed by atoms with Crippen molar-refractivity contribution >= 4 is 64.7 Å². The van der Waals surface area contributed by atoms with Gasteiger partial charge < -0.3 is 9.47 Å². The highest BCUT2D eigenvalue weighted by molar-refractivity contribution is 7.24. The van der Waals surface area contributed by atoms with Crippen LogP contribution in [-0.2, 0) is 0 Å². The topological polar surface area (TPSA) is 61.0 Å². The SMILES string of the molecule is COc1ccc2nc(/N=c3/snc4sc5cc(OC)ccc5n34)sc2c1. The minimum Gasteiger partial charge on any atom is -0.497 e. The molecule has 0 aliphatic carbocycles. The minimum atomic E-state index is 0.708. The number of ether oxygens (including phenoxy) is 2. The maximum Gasteiger partial charge on any atom is 0.217 e. The third-order valence-electron chi connectivity index (χ3n) is 3.97. The number of rotatable bonds is 3. The highest BCUT2D eigenvalue weighted by Crippen LogP contribution is 2.31. The van der Waals surface area contributed by atoms with Crippen LogP contribution in [-0.4, -0.2) is 28.0 Å². The zero-order valence-corrected chi connectivity index (χ0v) is 16.2. The van der Waals surface area contributed by atoms with Gasteiger partial charge >= 0.3 is 0 Å². The van der Waals surface area contributed by atoms with Gasteiger partial charge in [0.1, 0.15) is 11.5 Å². The van der Waals surface area contributed by atoms with E-state index in [2.05, 4.69) is 13.8 Å². The van der Waals surface area contributed by atoms with Gasteiger partial charge in [0.2, 0.25) is 14.9 Å². The Hall–Kier alpha value is -2.49. The lowest BCUT2D eigenvalue weighted by molar-refractivity contribution is 0.415. The summed E-state index contributed by atoms with van der Waals surface area (Å²) < 4.78 is 19.4. The predicted octanol–water partition coefficient (Wildman–Crippen LogP) is 4.47. The Morgan fingerprint density at radius 1 is 0.962 bits per heavy atom. The Labute approximate surface area is 159 Å². The smallest absolute Gasteiger partial charge is 0.217 e. The van der Waals surface area contributed by atoms with Crippen molar-refractivity contribution in [2.24, 2.45) is 4.99 Å². The number of thiazole rings is 2. The molecular weight excluding hydrogens is 388 g/mol. The molecule has 0 spiro atoms. The molecule has 130 valence electrons. The van der Waals surface area contributed by atoms with E-state index in [1.54, 1.807) is 25.6 Å². The van der Waals surface area contributed by atoms with Crippen LogP contribution in [0.2, 0.25) is 0 Å². The fourth-order valence-electron chi connectivity index (χ4n) is 2.72. The molecule has 5 aromatic rings. The predicted molar refractivity (Wildman–Crippen MR) is 106 cm³/mol. The van der Waals surface area contributed by atoms with E-state index in [1.165, 1.54) is 22.9 Å². The van der Waals surface area contributed by atoms with Crippen molar-refractivity contribution in [3.05, 3.63) is 41.2 Å². The van der Waals surface area contributed by atoms with E-state index in [0.29, 0.717) is 5.13 Å². The maximum absolute atomic E-state index is 5.31. The van der Waals surface area contributed by atoms with Gasteiger partial charge in [0.05, 0.1) is 34.7 Å². The summed E-state index contributed by atoms with van der Waals surface area (Å²) in [6.45, 7) is 0. The van der Waals surface area contributed by atoms with Crippen molar-refractivity contribution in [2.75, 3.05) is 14.2 Å². The molecule has 2 aromatic carbocycles. The monoisotopic (exact) mass is 400 g/mol. The molecule has 0 unspecified atom stereocenters. The van der Waals surface area contributed by atoms with E-state index in [1.807, 2.05) is 36.4 Å². The van der Waals surface area contributed by atoms with E-state index in [0.717, 1.165) is 41.7 Å². The molecule has 0 aliphatic rings. The van der Waals surface area contributed by atoms with E-state index in [-0.39, 0.29) is 0 Å². The van der Waals surface area contributed by atoms with Crippen molar-refractivity contribution in [1.29, 1.82) is 0 Å². The van der Waals surface area contributed by atoms with Gasteiger partial charge in [-0.25, -0.2) is 4.98 Å². The number of hydrogen-bond donors (Lipinski definition) is 0. The Kier molecular flexibility index (Phi) is 3.66. The second-order valence-corrected chi connectivity index (χ2v) is 8.21. The van der Waals surface area contributed by atoms with Crippen LogP contribution in [0.15, 0.2) is 41.4 Å². The van der Waals surface area contributed by atoms with E-state index >= 15 is 0 Å². The Morgan fingerprint density at radius 3 is 2.54 bits per heavy atom. The summed E-state index contributed by atoms with van der Waals surface area (Å²) in [5, 5.41) is 0.708. The molecular formula is C17H12N4O2S3. The fraction of sp³-hybridized carbons (Fsp3) is 0.118.